The summed E-state index contributed by atoms with van der Waals surface area (Å²) in [6, 6.07) is 16.0. The molecule has 1 amide bonds. The third-order valence-corrected chi connectivity index (χ3v) is 6.05. The number of anilines is 1. The van der Waals surface area contributed by atoms with Gasteiger partial charge in [-0.15, -0.1) is 0 Å². The number of halogens is 3. The zero-order chi connectivity index (χ0) is 26.6. The summed E-state index contributed by atoms with van der Waals surface area (Å²) in [5, 5.41) is 9.75. The highest BCUT2D eigenvalue weighted by atomic mass is 19.4. The summed E-state index contributed by atoms with van der Waals surface area (Å²) < 4.78 is 45.9. The van der Waals surface area contributed by atoms with Gasteiger partial charge in [0.05, 0.1) is 11.1 Å². The molecule has 0 unspecified atom stereocenters. The Balaban J connectivity index is 1.48. The van der Waals surface area contributed by atoms with Crippen molar-refractivity contribution < 1.29 is 32.6 Å². The van der Waals surface area contributed by atoms with Crippen LogP contribution in [0.1, 0.15) is 26.3 Å². The van der Waals surface area contributed by atoms with Gasteiger partial charge in [-0.05, 0) is 65.7 Å². The number of nitrogens with zero attached hydrogens (tertiary/aromatic N) is 2. The number of phenols is 1. The molecule has 0 saturated carbocycles. The lowest BCUT2D eigenvalue weighted by Crippen LogP contribution is -2.48. The van der Waals surface area contributed by atoms with Crippen LogP contribution in [-0.2, 0) is 10.9 Å². The smallest absolute Gasteiger partial charge is 0.416 e. The molecule has 1 fully saturated rings. The second kappa shape index (κ2) is 10.8. The van der Waals surface area contributed by atoms with Crippen LogP contribution in [0.25, 0.3) is 11.1 Å². The molecule has 3 aromatic carbocycles. The van der Waals surface area contributed by atoms with E-state index < -0.39 is 23.6 Å². The van der Waals surface area contributed by atoms with Gasteiger partial charge in [0.1, 0.15) is 12.4 Å². The molecule has 0 spiro atoms. The summed E-state index contributed by atoms with van der Waals surface area (Å²) in [6.07, 6.45) is -3.15. The van der Waals surface area contributed by atoms with Crippen molar-refractivity contribution in [2.24, 2.45) is 0 Å². The molecule has 3 aromatic rings. The van der Waals surface area contributed by atoms with Crippen molar-refractivity contribution in [3.8, 4) is 16.9 Å². The van der Waals surface area contributed by atoms with Gasteiger partial charge in [0, 0.05) is 37.4 Å². The summed E-state index contributed by atoms with van der Waals surface area (Å²) in [5.41, 5.74) is 0.844. The maximum Gasteiger partial charge on any atom is 0.416 e. The van der Waals surface area contributed by atoms with Gasteiger partial charge >= 0.3 is 12.1 Å². The largest absolute Gasteiger partial charge is 0.508 e. The number of piperazine rings is 1. The number of phenolic OH excluding ortho intramolecular Hbond substituents is 1. The molecule has 1 heterocycles. The summed E-state index contributed by atoms with van der Waals surface area (Å²) >= 11 is 0. The van der Waals surface area contributed by atoms with Crippen molar-refractivity contribution >= 4 is 17.6 Å². The Bertz CT molecular complexity index is 1300. The average Bonchev–Trinajstić information content (AvgIpc) is 2.90. The highest BCUT2D eigenvalue weighted by molar-refractivity contribution is 5.96. The Hall–Kier alpha value is -4.27. The molecule has 1 N–H and O–H groups in total. The van der Waals surface area contributed by atoms with Gasteiger partial charge in [-0.3, -0.25) is 4.79 Å². The molecule has 0 atom stereocenters. The van der Waals surface area contributed by atoms with Crippen molar-refractivity contribution in [2.75, 3.05) is 37.7 Å². The van der Waals surface area contributed by atoms with Crippen molar-refractivity contribution in [3.63, 3.8) is 0 Å². The van der Waals surface area contributed by atoms with Crippen molar-refractivity contribution in [1.29, 1.82) is 0 Å². The van der Waals surface area contributed by atoms with E-state index in [1.807, 2.05) is 4.90 Å². The molecule has 0 aliphatic carbocycles. The summed E-state index contributed by atoms with van der Waals surface area (Å²) in [5.74, 6) is -1.03. The standard InChI is InChI=1S/C28H25F3N2O4/c1-2-14-37-27(36)19-6-8-24(9-7-19)32-10-12-33(13-11-32)26(35)22-15-21(16-23(17-22)28(29,30)31)20-4-3-5-25(34)18-20/h2-9,15-18,34H,1,10-14H2. The molecule has 4 rings (SSSR count). The van der Waals surface area contributed by atoms with E-state index >= 15 is 0 Å². The van der Waals surface area contributed by atoms with E-state index in [9.17, 15) is 27.9 Å². The van der Waals surface area contributed by atoms with E-state index in [4.69, 9.17) is 4.74 Å². The quantitative estimate of drug-likeness (QED) is 0.356. The minimum Gasteiger partial charge on any atom is -0.508 e. The maximum atomic E-state index is 13.6. The third-order valence-electron chi connectivity index (χ3n) is 6.05. The zero-order valence-electron chi connectivity index (χ0n) is 19.9. The molecule has 0 aromatic heterocycles. The number of hydrogen-bond donors (Lipinski definition) is 1. The first-order valence-electron chi connectivity index (χ1n) is 11.6. The Labute approximate surface area is 212 Å². The fraction of sp³-hybridized carbons (Fsp3) is 0.214. The summed E-state index contributed by atoms with van der Waals surface area (Å²) in [6.45, 7) is 5.22. The molecule has 6 nitrogen and oxygen atoms in total. The average molecular weight is 511 g/mol. The first-order valence-corrected chi connectivity index (χ1v) is 11.6. The Morgan fingerprint density at radius 3 is 2.24 bits per heavy atom. The fourth-order valence-electron chi connectivity index (χ4n) is 4.14. The van der Waals surface area contributed by atoms with Crippen LogP contribution in [-0.4, -0.2) is 54.7 Å². The topological polar surface area (TPSA) is 70.1 Å². The van der Waals surface area contributed by atoms with Gasteiger partial charge in [0.25, 0.3) is 5.91 Å². The fourth-order valence-corrected chi connectivity index (χ4v) is 4.14. The van der Waals surface area contributed by atoms with Crippen LogP contribution in [0.3, 0.4) is 0 Å². The second-order valence-electron chi connectivity index (χ2n) is 8.56. The minimum absolute atomic E-state index is 0.0657. The van der Waals surface area contributed by atoms with E-state index in [1.165, 1.54) is 35.2 Å². The van der Waals surface area contributed by atoms with E-state index in [2.05, 4.69) is 6.58 Å². The Morgan fingerprint density at radius 1 is 0.919 bits per heavy atom. The number of rotatable bonds is 6. The molecule has 0 bridgehead atoms. The number of hydrogen-bond acceptors (Lipinski definition) is 5. The highest BCUT2D eigenvalue weighted by Crippen LogP contribution is 2.34. The van der Waals surface area contributed by atoms with Gasteiger partial charge < -0.3 is 19.6 Å². The SMILES string of the molecule is C=CCOC(=O)c1ccc(N2CCN(C(=O)c3cc(-c4cccc(O)c4)cc(C(F)(F)F)c3)CC2)cc1. The Kier molecular flexibility index (Phi) is 7.52. The molecular formula is C28H25F3N2O4. The normalized spacial score (nSPS) is 13.8. The first-order chi connectivity index (χ1) is 17.7. The van der Waals surface area contributed by atoms with Crippen LogP contribution in [0.4, 0.5) is 18.9 Å². The Morgan fingerprint density at radius 2 is 1.62 bits per heavy atom. The predicted molar refractivity (Wildman–Crippen MR) is 134 cm³/mol. The van der Waals surface area contributed by atoms with Gasteiger partial charge in [0.2, 0.25) is 0 Å². The lowest BCUT2D eigenvalue weighted by atomic mass is 9.98. The van der Waals surface area contributed by atoms with Crippen LogP contribution in [0.15, 0.2) is 79.4 Å². The second-order valence-corrected chi connectivity index (χ2v) is 8.56. The van der Waals surface area contributed by atoms with Gasteiger partial charge in [-0.1, -0.05) is 24.8 Å². The monoisotopic (exact) mass is 510 g/mol. The van der Waals surface area contributed by atoms with Crippen LogP contribution in [0.2, 0.25) is 0 Å². The highest BCUT2D eigenvalue weighted by Gasteiger charge is 2.33. The van der Waals surface area contributed by atoms with E-state index in [1.54, 1.807) is 30.3 Å². The molecule has 1 aliphatic rings. The number of amides is 1. The van der Waals surface area contributed by atoms with E-state index in [-0.39, 0.29) is 23.5 Å². The van der Waals surface area contributed by atoms with Crippen LogP contribution in [0.5, 0.6) is 5.75 Å². The van der Waals surface area contributed by atoms with E-state index in [0.29, 0.717) is 37.3 Å². The number of ether oxygens (including phenoxy) is 1. The number of alkyl halides is 3. The van der Waals surface area contributed by atoms with Crippen LogP contribution >= 0.6 is 0 Å². The lowest BCUT2D eigenvalue weighted by Gasteiger charge is -2.36. The van der Waals surface area contributed by atoms with Crippen molar-refractivity contribution in [2.45, 2.75) is 6.18 Å². The predicted octanol–water partition coefficient (Wildman–Crippen LogP) is 5.38. The molecule has 1 saturated heterocycles. The van der Waals surface area contributed by atoms with Gasteiger partial charge in [-0.25, -0.2) is 4.79 Å². The molecular weight excluding hydrogens is 485 g/mol. The molecule has 192 valence electrons. The molecule has 1 aliphatic heterocycles. The first kappa shape index (κ1) is 25.8. The maximum absolute atomic E-state index is 13.6. The number of esters is 1. The lowest BCUT2D eigenvalue weighted by molar-refractivity contribution is -0.137. The van der Waals surface area contributed by atoms with E-state index in [0.717, 1.165) is 17.8 Å². The van der Waals surface area contributed by atoms with Crippen molar-refractivity contribution in [1.82, 2.24) is 4.90 Å². The summed E-state index contributed by atoms with van der Waals surface area (Å²) in [4.78, 5) is 28.7. The van der Waals surface area contributed by atoms with Crippen LogP contribution < -0.4 is 4.90 Å². The molecule has 37 heavy (non-hydrogen) atoms. The molecule has 0 radical (unpaired) electrons. The number of carbonyl (C=O) groups is 2. The van der Waals surface area contributed by atoms with Crippen LogP contribution in [0, 0.1) is 0 Å². The molecule has 9 heteroatoms. The number of carbonyl (C=O) groups excluding carboxylic acids is 2. The zero-order valence-corrected chi connectivity index (χ0v) is 19.9. The third kappa shape index (κ3) is 6.11. The van der Waals surface area contributed by atoms with Crippen molar-refractivity contribution in [3.05, 3.63) is 96.1 Å². The number of aromatic hydroxyl groups is 1. The van der Waals surface area contributed by atoms with Gasteiger partial charge in [-0.2, -0.15) is 13.2 Å². The summed E-state index contributed by atoms with van der Waals surface area (Å²) in [7, 11) is 0. The number of benzene rings is 3. The minimum atomic E-state index is -4.63. The van der Waals surface area contributed by atoms with Gasteiger partial charge in [0.15, 0.2) is 0 Å².